The molecule has 1 saturated carbocycles. The van der Waals surface area contributed by atoms with E-state index in [1.165, 1.54) is 16.7 Å². The van der Waals surface area contributed by atoms with Crippen LogP contribution >= 0.6 is 0 Å². The minimum atomic E-state index is -0.227. The molecule has 0 saturated heterocycles. The molecule has 1 aliphatic carbocycles. The highest BCUT2D eigenvalue weighted by molar-refractivity contribution is 5.38. The van der Waals surface area contributed by atoms with Gasteiger partial charge in [-0.3, -0.25) is 0 Å². The zero-order valence-electron chi connectivity index (χ0n) is 10.2. The molecule has 1 fully saturated rings. The van der Waals surface area contributed by atoms with Gasteiger partial charge in [0.1, 0.15) is 0 Å². The Morgan fingerprint density at radius 3 is 2.50 bits per heavy atom. The van der Waals surface area contributed by atoms with Gasteiger partial charge >= 0.3 is 0 Å². The van der Waals surface area contributed by atoms with Crippen molar-refractivity contribution in [2.24, 2.45) is 5.73 Å². The molecule has 0 spiro atoms. The lowest BCUT2D eigenvalue weighted by atomic mass is 9.74. The van der Waals surface area contributed by atoms with Crippen molar-refractivity contribution in [3.8, 4) is 0 Å². The van der Waals surface area contributed by atoms with E-state index in [4.69, 9.17) is 5.73 Å². The fraction of sp³-hybridized carbons (Fsp3) is 0.571. The van der Waals surface area contributed by atoms with Crippen LogP contribution in [0.1, 0.15) is 42.4 Å². The summed E-state index contributed by atoms with van der Waals surface area (Å²) in [6.07, 6.45) is 3.27. The molecule has 0 bridgehead atoms. The van der Waals surface area contributed by atoms with Crippen LogP contribution in [0.15, 0.2) is 18.2 Å². The van der Waals surface area contributed by atoms with E-state index < -0.39 is 0 Å². The van der Waals surface area contributed by atoms with E-state index in [2.05, 4.69) is 32.0 Å². The van der Waals surface area contributed by atoms with Crippen LogP contribution in [0.5, 0.6) is 0 Å². The molecule has 0 radical (unpaired) electrons. The van der Waals surface area contributed by atoms with E-state index in [1.807, 2.05) is 0 Å². The number of nitrogens with two attached hydrogens (primary N) is 1. The quantitative estimate of drug-likeness (QED) is 0.762. The van der Waals surface area contributed by atoms with Crippen LogP contribution in [0.4, 0.5) is 0 Å². The molecule has 3 N–H and O–H groups in total. The third kappa shape index (κ3) is 2.00. The van der Waals surface area contributed by atoms with E-state index in [1.54, 1.807) is 0 Å². The maximum atomic E-state index is 9.56. The van der Waals surface area contributed by atoms with Crippen molar-refractivity contribution in [1.29, 1.82) is 0 Å². The van der Waals surface area contributed by atoms with Gasteiger partial charge in [0.05, 0.1) is 6.10 Å². The van der Waals surface area contributed by atoms with Crippen molar-refractivity contribution in [2.75, 3.05) is 0 Å². The Morgan fingerprint density at radius 1 is 1.25 bits per heavy atom. The van der Waals surface area contributed by atoms with Gasteiger partial charge in [-0.1, -0.05) is 18.2 Å². The maximum absolute atomic E-state index is 9.56. The largest absolute Gasteiger partial charge is 0.393 e. The number of aliphatic hydroxyl groups excluding tert-OH is 1. The minimum absolute atomic E-state index is 0.151. The molecule has 0 aromatic heterocycles. The average Bonchev–Trinajstić information content (AvgIpc) is 2.27. The van der Waals surface area contributed by atoms with Gasteiger partial charge in [-0.05, 0) is 56.2 Å². The molecule has 0 atom stereocenters. The third-order valence-electron chi connectivity index (χ3n) is 3.99. The second kappa shape index (κ2) is 4.19. The summed E-state index contributed by atoms with van der Waals surface area (Å²) in [4.78, 5) is 0. The smallest absolute Gasteiger partial charge is 0.0541 e. The molecule has 2 rings (SSSR count). The van der Waals surface area contributed by atoms with E-state index in [0.717, 1.165) is 25.7 Å². The molecule has 2 nitrogen and oxygen atoms in total. The van der Waals surface area contributed by atoms with Crippen molar-refractivity contribution >= 4 is 0 Å². The van der Waals surface area contributed by atoms with Gasteiger partial charge in [0.25, 0.3) is 0 Å². The summed E-state index contributed by atoms with van der Waals surface area (Å²) in [7, 11) is 0. The van der Waals surface area contributed by atoms with Crippen LogP contribution in [0.3, 0.4) is 0 Å². The zero-order valence-corrected chi connectivity index (χ0v) is 10.2. The first-order chi connectivity index (χ1) is 7.53. The average molecular weight is 219 g/mol. The number of hydrogen-bond donors (Lipinski definition) is 2. The van der Waals surface area contributed by atoms with Crippen molar-refractivity contribution in [3.05, 3.63) is 34.9 Å². The Balaban J connectivity index is 2.32. The Hall–Kier alpha value is -0.860. The summed E-state index contributed by atoms with van der Waals surface area (Å²) in [5.74, 6) is 0. The highest BCUT2D eigenvalue weighted by Crippen LogP contribution is 2.36. The number of hydrogen-bond acceptors (Lipinski definition) is 2. The summed E-state index contributed by atoms with van der Waals surface area (Å²) in [5, 5.41) is 9.56. The molecule has 0 amide bonds. The predicted octanol–water partition coefficient (Wildman–Crippen LogP) is 2.39. The van der Waals surface area contributed by atoms with Crippen molar-refractivity contribution in [1.82, 2.24) is 0 Å². The number of rotatable bonds is 1. The van der Waals surface area contributed by atoms with Crippen LogP contribution in [-0.2, 0) is 5.54 Å². The van der Waals surface area contributed by atoms with Crippen LogP contribution < -0.4 is 5.73 Å². The van der Waals surface area contributed by atoms with Gasteiger partial charge in [-0.25, -0.2) is 0 Å². The Bertz CT molecular complexity index is 378. The summed E-state index contributed by atoms with van der Waals surface area (Å²) in [6, 6.07) is 6.34. The van der Waals surface area contributed by atoms with E-state index in [-0.39, 0.29) is 11.6 Å². The second-order valence-corrected chi connectivity index (χ2v) is 5.13. The second-order valence-electron chi connectivity index (χ2n) is 5.13. The van der Waals surface area contributed by atoms with Gasteiger partial charge in [0, 0.05) is 5.54 Å². The molecule has 2 heteroatoms. The summed E-state index contributed by atoms with van der Waals surface area (Å²) < 4.78 is 0. The highest BCUT2D eigenvalue weighted by Gasteiger charge is 2.33. The molecular formula is C14H21NO. The number of aliphatic hydroxyl groups is 1. The summed E-state index contributed by atoms with van der Waals surface area (Å²) in [6.45, 7) is 4.27. The van der Waals surface area contributed by atoms with Gasteiger partial charge in [-0.2, -0.15) is 0 Å². The topological polar surface area (TPSA) is 46.2 Å². The fourth-order valence-corrected chi connectivity index (χ4v) is 2.68. The third-order valence-corrected chi connectivity index (χ3v) is 3.99. The molecule has 0 aliphatic heterocycles. The van der Waals surface area contributed by atoms with Gasteiger partial charge in [-0.15, -0.1) is 0 Å². The lowest BCUT2D eigenvalue weighted by Gasteiger charge is -2.37. The Morgan fingerprint density at radius 2 is 1.88 bits per heavy atom. The van der Waals surface area contributed by atoms with Crippen molar-refractivity contribution in [2.45, 2.75) is 51.2 Å². The zero-order chi connectivity index (χ0) is 11.8. The van der Waals surface area contributed by atoms with Crippen LogP contribution in [0, 0.1) is 13.8 Å². The molecule has 88 valence electrons. The standard InChI is InChI=1S/C14H21NO/c1-10-4-3-5-13(11(10)2)14(15)8-6-12(16)7-9-14/h3-5,12,16H,6-9,15H2,1-2H3. The minimum Gasteiger partial charge on any atom is -0.393 e. The van der Waals surface area contributed by atoms with Gasteiger partial charge in [0.2, 0.25) is 0 Å². The first-order valence-corrected chi connectivity index (χ1v) is 6.06. The van der Waals surface area contributed by atoms with Crippen LogP contribution in [-0.4, -0.2) is 11.2 Å². The van der Waals surface area contributed by atoms with Crippen molar-refractivity contribution in [3.63, 3.8) is 0 Å². The van der Waals surface area contributed by atoms with Gasteiger partial charge in [0.15, 0.2) is 0 Å². The monoisotopic (exact) mass is 219 g/mol. The van der Waals surface area contributed by atoms with Crippen LogP contribution in [0.2, 0.25) is 0 Å². The fourth-order valence-electron chi connectivity index (χ4n) is 2.68. The summed E-state index contributed by atoms with van der Waals surface area (Å²) >= 11 is 0. The predicted molar refractivity (Wildman–Crippen MR) is 66.3 cm³/mol. The number of benzene rings is 1. The molecule has 16 heavy (non-hydrogen) atoms. The molecule has 0 heterocycles. The summed E-state index contributed by atoms with van der Waals surface area (Å²) in [5.41, 5.74) is 10.1. The lowest BCUT2D eigenvalue weighted by Crippen LogP contribution is -2.42. The number of aryl methyl sites for hydroxylation is 1. The Kier molecular flexibility index (Phi) is 3.04. The van der Waals surface area contributed by atoms with E-state index >= 15 is 0 Å². The molecule has 0 unspecified atom stereocenters. The first kappa shape index (κ1) is 11.6. The van der Waals surface area contributed by atoms with E-state index in [9.17, 15) is 5.11 Å². The first-order valence-electron chi connectivity index (χ1n) is 6.06. The molecule has 1 aliphatic rings. The highest BCUT2D eigenvalue weighted by atomic mass is 16.3. The normalized spacial score (nSPS) is 30.4. The molecule has 1 aromatic rings. The molecular weight excluding hydrogens is 198 g/mol. The Labute approximate surface area is 97.5 Å². The SMILES string of the molecule is Cc1cccc(C2(N)CCC(O)CC2)c1C. The lowest BCUT2D eigenvalue weighted by molar-refractivity contribution is 0.0967. The van der Waals surface area contributed by atoms with Crippen LogP contribution in [0.25, 0.3) is 0 Å². The van der Waals surface area contributed by atoms with E-state index in [0.29, 0.717) is 0 Å². The van der Waals surface area contributed by atoms with Crippen molar-refractivity contribution < 1.29 is 5.11 Å². The molecule has 1 aromatic carbocycles. The maximum Gasteiger partial charge on any atom is 0.0541 e. The van der Waals surface area contributed by atoms with Gasteiger partial charge < -0.3 is 10.8 Å².